The summed E-state index contributed by atoms with van der Waals surface area (Å²) >= 11 is 0. The molecule has 2 amide bonds. The Kier molecular flexibility index (Phi) is 7.86. The number of rotatable bonds is 9. The molecule has 0 aromatic heterocycles. The summed E-state index contributed by atoms with van der Waals surface area (Å²) < 4.78 is 9.90. The molecule has 0 aliphatic rings. The Bertz CT molecular complexity index is 931. The van der Waals surface area contributed by atoms with Crippen molar-refractivity contribution in [3.8, 4) is 5.75 Å². The van der Waals surface area contributed by atoms with Crippen LogP contribution in [0.15, 0.2) is 48.5 Å². The van der Waals surface area contributed by atoms with E-state index in [0.717, 1.165) is 7.11 Å². The molecule has 30 heavy (non-hydrogen) atoms. The summed E-state index contributed by atoms with van der Waals surface area (Å²) in [6, 6.07) is 11.1. The van der Waals surface area contributed by atoms with E-state index < -0.39 is 28.7 Å². The molecule has 0 heterocycles. The Labute approximate surface area is 172 Å². The lowest BCUT2D eigenvalue weighted by atomic mass is 10.0. The highest BCUT2D eigenvalue weighted by molar-refractivity contribution is 5.96. The summed E-state index contributed by atoms with van der Waals surface area (Å²) in [5.41, 5.74) is 0.544. The predicted octanol–water partition coefficient (Wildman–Crippen LogP) is 1.23. The number of esters is 1. The summed E-state index contributed by atoms with van der Waals surface area (Å²) in [6.45, 7) is -0.368. The van der Waals surface area contributed by atoms with Gasteiger partial charge in [-0.1, -0.05) is 18.2 Å². The fraction of sp³-hybridized carbons (Fsp3) is 0.250. The minimum absolute atomic E-state index is 0.101. The zero-order valence-corrected chi connectivity index (χ0v) is 16.4. The van der Waals surface area contributed by atoms with Crippen LogP contribution in [0.1, 0.15) is 15.9 Å². The van der Waals surface area contributed by atoms with E-state index in [4.69, 9.17) is 9.47 Å². The van der Waals surface area contributed by atoms with Gasteiger partial charge in [0.25, 0.3) is 11.6 Å². The second-order valence-electron chi connectivity index (χ2n) is 6.15. The van der Waals surface area contributed by atoms with Crippen LogP contribution in [-0.2, 0) is 20.7 Å². The first-order valence-corrected chi connectivity index (χ1v) is 8.87. The number of carbonyl (C=O) groups is 3. The lowest BCUT2D eigenvalue weighted by Gasteiger charge is -2.18. The van der Waals surface area contributed by atoms with E-state index in [-0.39, 0.29) is 18.7 Å². The van der Waals surface area contributed by atoms with E-state index in [1.165, 1.54) is 25.3 Å². The molecule has 10 heteroatoms. The third-order valence-corrected chi connectivity index (χ3v) is 4.17. The van der Waals surface area contributed by atoms with Gasteiger partial charge in [0.05, 0.1) is 25.7 Å². The number of nitro benzene ring substituents is 1. The molecule has 0 spiro atoms. The Morgan fingerprint density at radius 1 is 1.10 bits per heavy atom. The van der Waals surface area contributed by atoms with E-state index >= 15 is 0 Å². The summed E-state index contributed by atoms with van der Waals surface area (Å²) in [5, 5.41) is 16.0. The Hall–Kier alpha value is -3.95. The van der Waals surface area contributed by atoms with Crippen LogP contribution >= 0.6 is 0 Å². The fourth-order valence-corrected chi connectivity index (χ4v) is 2.69. The molecule has 1 atom stereocenters. The number of benzene rings is 2. The SMILES string of the molecule is COC(=O)[C@@H](Cc1cc([N+](=O)[O-])ccc1OC)NC(=O)CNC(=O)c1ccccc1. The highest BCUT2D eigenvalue weighted by Crippen LogP contribution is 2.25. The number of amides is 2. The van der Waals surface area contributed by atoms with Crippen LogP contribution < -0.4 is 15.4 Å². The molecule has 0 unspecified atom stereocenters. The lowest BCUT2D eigenvalue weighted by molar-refractivity contribution is -0.384. The minimum Gasteiger partial charge on any atom is -0.496 e. The van der Waals surface area contributed by atoms with Gasteiger partial charge in [-0.25, -0.2) is 4.79 Å². The molecule has 0 saturated heterocycles. The van der Waals surface area contributed by atoms with Crippen LogP contribution in [0.25, 0.3) is 0 Å². The van der Waals surface area contributed by atoms with E-state index in [2.05, 4.69) is 10.6 Å². The van der Waals surface area contributed by atoms with Crippen molar-refractivity contribution < 1.29 is 28.8 Å². The van der Waals surface area contributed by atoms with Crippen LogP contribution in [-0.4, -0.2) is 49.5 Å². The molecule has 2 aromatic rings. The van der Waals surface area contributed by atoms with Gasteiger partial charge in [-0.05, 0) is 18.2 Å². The number of ether oxygens (including phenoxy) is 2. The smallest absolute Gasteiger partial charge is 0.328 e. The van der Waals surface area contributed by atoms with Gasteiger partial charge < -0.3 is 20.1 Å². The third-order valence-electron chi connectivity index (χ3n) is 4.17. The van der Waals surface area contributed by atoms with Crippen molar-refractivity contribution in [1.82, 2.24) is 10.6 Å². The second-order valence-corrected chi connectivity index (χ2v) is 6.15. The average Bonchev–Trinajstić information content (AvgIpc) is 2.76. The number of hydrogen-bond donors (Lipinski definition) is 2. The first kappa shape index (κ1) is 22.3. The molecule has 0 aliphatic carbocycles. The van der Waals surface area contributed by atoms with Crippen molar-refractivity contribution >= 4 is 23.5 Å². The van der Waals surface area contributed by atoms with Crippen molar-refractivity contribution in [1.29, 1.82) is 0 Å². The van der Waals surface area contributed by atoms with Crippen molar-refractivity contribution in [3.63, 3.8) is 0 Å². The first-order valence-electron chi connectivity index (χ1n) is 8.87. The summed E-state index contributed by atoms with van der Waals surface area (Å²) in [5.74, 6) is -1.49. The van der Waals surface area contributed by atoms with Gasteiger partial charge in [0.15, 0.2) is 0 Å². The Morgan fingerprint density at radius 3 is 2.40 bits per heavy atom. The average molecular weight is 415 g/mol. The molecule has 0 saturated carbocycles. The van der Waals surface area contributed by atoms with Gasteiger partial charge >= 0.3 is 5.97 Å². The van der Waals surface area contributed by atoms with Crippen molar-refractivity contribution in [3.05, 3.63) is 69.8 Å². The van der Waals surface area contributed by atoms with E-state index in [9.17, 15) is 24.5 Å². The highest BCUT2D eigenvalue weighted by atomic mass is 16.6. The molecule has 2 N–H and O–H groups in total. The van der Waals surface area contributed by atoms with Gasteiger partial charge in [-0.3, -0.25) is 19.7 Å². The van der Waals surface area contributed by atoms with Crippen molar-refractivity contribution in [2.45, 2.75) is 12.5 Å². The maximum atomic E-state index is 12.3. The topological polar surface area (TPSA) is 137 Å². The number of methoxy groups -OCH3 is 2. The molecule has 10 nitrogen and oxygen atoms in total. The molecule has 0 aliphatic heterocycles. The van der Waals surface area contributed by atoms with Crippen LogP contribution in [0.2, 0.25) is 0 Å². The molecule has 2 rings (SSSR count). The van der Waals surface area contributed by atoms with Crippen molar-refractivity contribution in [2.75, 3.05) is 20.8 Å². The van der Waals surface area contributed by atoms with Crippen molar-refractivity contribution in [2.24, 2.45) is 0 Å². The summed E-state index contributed by atoms with van der Waals surface area (Å²) in [4.78, 5) is 46.9. The number of non-ortho nitro benzene ring substituents is 1. The number of nitro groups is 1. The monoisotopic (exact) mass is 415 g/mol. The zero-order chi connectivity index (χ0) is 22.1. The van der Waals surface area contributed by atoms with Gasteiger partial charge in [-0.15, -0.1) is 0 Å². The molecule has 0 fully saturated rings. The molecule has 158 valence electrons. The lowest BCUT2D eigenvalue weighted by Crippen LogP contribution is -2.47. The summed E-state index contributed by atoms with van der Waals surface area (Å²) in [6.07, 6.45) is -0.101. The van der Waals surface area contributed by atoms with Crippen LogP contribution in [0.5, 0.6) is 5.75 Å². The summed E-state index contributed by atoms with van der Waals surface area (Å²) in [7, 11) is 2.54. The Morgan fingerprint density at radius 2 is 1.80 bits per heavy atom. The van der Waals surface area contributed by atoms with Crippen LogP contribution in [0.4, 0.5) is 5.69 Å². The number of nitrogens with one attached hydrogen (secondary N) is 2. The maximum absolute atomic E-state index is 12.3. The fourth-order valence-electron chi connectivity index (χ4n) is 2.69. The predicted molar refractivity (Wildman–Crippen MR) is 106 cm³/mol. The maximum Gasteiger partial charge on any atom is 0.328 e. The van der Waals surface area contributed by atoms with E-state index in [1.54, 1.807) is 30.3 Å². The molecule has 0 radical (unpaired) electrons. The quantitative estimate of drug-likeness (QED) is 0.357. The number of hydrogen-bond acceptors (Lipinski definition) is 7. The van der Waals surface area contributed by atoms with E-state index in [0.29, 0.717) is 16.9 Å². The van der Waals surface area contributed by atoms with Gasteiger partial charge in [0, 0.05) is 29.7 Å². The standard InChI is InChI=1S/C20H21N3O7/c1-29-17-9-8-15(23(27)28)10-14(17)11-16(20(26)30-2)22-18(24)12-21-19(25)13-6-4-3-5-7-13/h3-10,16H,11-12H2,1-2H3,(H,21,25)(H,22,24)/t16-/m1/s1. The Balaban J connectivity index is 2.08. The second kappa shape index (κ2) is 10.6. The van der Waals surface area contributed by atoms with Crippen LogP contribution in [0, 0.1) is 10.1 Å². The first-order chi connectivity index (χ1) is 14.3. The third kappa shape index (κ3) is 6.03. The molecular formula is C20H21N3O7. The zero-order valence-electron chi connectivity index (χ0n) is 16.4. The largest absolute Gasteiger partial charge is 0.496 e. The van der Waals surface area contributed by atoms with Crippen LogP contribution in [0.3, 0.4) is 0 Å². The number of carbonyl (C=O) groups excluding carboxylic acids is 3. The molecule has 2 aromatic carbocycles. The normalized spacial score (nSPS) is 11.1. The highest BCUT2D eigenvalue weighted by Gasteiger charge is 2.25. The van der Waals surface area contributed by atoms with Gasteiger partial charge in [0.2, 0.25) is 5.91 Å². The van der Waals surface area contributed by atoms with Gasteiger partial charge in [0.1, 0.15) is 11.8 Å². The molecular weight excluding hydrogens is 394 g/mol. The number of nitrogens with zero attached hydrogens (tertiary/aromatic N) is 1. The minimum atomic E-state index is -1.13. The van der Waals surface area contributed by atoms with Gasteiger partial charge in [-0.2, -0.15) is 0 Å². The van der Waals surface area contributed by atoms with E-state index in [1.807, 2.05) is 0 Å². The molecule has 0 bridgehead atoms.